The molecular weight excluding hydrogens is 333 g/mol. The van der Waals surface area contributed by atoms with E-state index in [0.717, 1.165) is 32.0 Å². The van der Waals surface area contributed by atoms with Gasteiger partial charge >= 0.3 is 0 Å². The Balaban J connectivity index is 0.00000242. The van der Waals surface area contributed by atoms with Gasteiger partial charge in [-0.25, -0.2) is 0 Å². The summed E-state index contributed by atoms with van der Waals surface area (Å²) < 4.78 is 0. The van der Waals surface area contributed by atoms with Crippen molar-refractivity contribution in [2.24, 2.45) is 17.8 Å². The fourth-order valence-electron chi connectivity index (χ4n) is 3.66. The number of hydrogen-bond acceptors (Lipinski definition) is 3. The molecule has 2 aliphatic heterocycles. The predicted octanol–water partition coefficient (Wildman–Crippen LogP) is 2.70. The average molecular weight is 368 g/mol. The summed E-state index contributed by atoms with van der Waals surface area (Å²) >= 11 is 0. The van der Waals surface area contributed by atoms with E-state index in [2.05, 4.69) is 29.5 Å². The van der Waals surface area contributed by atoms with E-state index in [-0.39, 0.29) is 30.7 Å². The molecule has 6 heteroatoms. The molecule has 2 aliphatic rings. The lowest BCUT2D eigenvalue weighted by atomic mass is 9.85. The molecular formula is C17H35Cl2N3O. The number of halogens is 2. The molecule has 2 atom stereocenters. The topological polar surface area (TPSA) is 44.4 Å². The molecule has 0 aliphatic carbocycles. The maximum Gasteiger partial charge on any atom is 0.220 e. The molecule has 138 valence electrons. The molecule has 0 radical (unpaired) electrons. The minimum Gasteiger partial charge on any atom is -0.356 e. The Morgan fingerprint density at radius 2 is 1.96 bits per heavy atom. The lowest BCUT2D eigenvalue weighted by Gasteiger charge is -2.29. The number of carbonyl (C=O) groups excluding carboxylic acids is 1. The van der Waals surface area contributed by atoms with Gasteiger partial charge < -0.3 is 15.5 Å². The number of piperidine rings is 2. The van der Waals surface area contributed by atoms with Gasteiger partial charge in [0.2, 0.25) is 5.91 Å². The molecule has 2 heterocycles. The van der Waals surface area contributed by atoms with E-state index in [1.807, 2.05) is 0 Å². The Morgan fingerprint density at radius 3 is 2.57 bits per heavy atom. The molecule has 2 N–H and O–H groups in total. The molecule has 0 aromatic carbocycles. The highest BCUT2D eigenvalue weighted by atomic mass is 35.5. The minimum atomic E-state index is 0. The van der Waals surface area contributed by atoms with Gasteiger partial charge in [0, 0.05) is 13.0 Å². The normalized spacial score (nSPS) is 24.2. The van der Waals surface area contributed by atoms with Gasteiger partial charge in [-0.05, 0) is 83.1 Å². The first-order chi connectivity index (χ1) is 10.1. The number of amides is 1. The first kappa shape index (κ1) is 23.0. The van der Waals surface area contributed by atoms with Gasteiger partial charge in [-0.3, -0.25) is 4.79 Å². The second-order valence-corrected chi connectivity index (χ2v) is 7.17. The number of rotatable bonds is 6. The summed E-state index contributed by atoms with van der Waals surface area (Å²) in [6, 6.07) is 0. The van der Waals surface area contributed by atoms with Crippen molar-refractivity contribution in [2.45, 2.75) is 45.4 Å². The van der Waals surface area contributed by atoms with Crippen LogP contribution in [0.1, 0.15) is 45.4 Å². The SMILES string of the molecule is CC(CC(=O)NCCC1CCN(C)CC1)C1CCCNC1.Cl.Cl. The van der Waals surface area contributed by atoms with Crippen LogP contribution in [0.25, 0.3) is 0 Å². The Morgan fingerprint density at radius 1 is 1.26 bits per heavy atom. The van der Waals surface area contributed by atoms with Crippen LogP contribution in [0, 0.1) is 17.8 Å². The molecule has 0 spiro atoms. The van der Waals surface area contributed by atoms with E-state index < -0.39 is 0 Å². The van der Waals surface area contributed by atoms with Crippen LogP contribution in [0.4, 0.5) is 0 Å². The van der Waals surface area contributed by atoms with Crippen molar-refractivity contribution in [3.63, 3.8) is 0 Å². The fraction of sp³-hybridized carbons (Fsp3) is 0.941. The van der Waals surface area contributed by atoms with Crippen LogP contribution >= 0.6 is 24.8 Å². The van der Waals surface area contributed by atoms with Crippen molar-refractivity contribution in [1.29, 1.82) is 0 Å². The van der Waals surface area contributed by atoms with Gasteiger partial charge in [0.15, 0.2) is 0 Å². The monoisotopic (exact) mass is 367 g/mol. The van der Waals surface area contributed by atoms with Gasteiger partial charge in [-0.1, -0.05) is 6.92 Å². The standard InChI is InChI=1S/C17H33N3O.2ClH/c1-14(16-4-3-8-18-13-16)12-17(21)19-9-5-15-6-10-20(2)11-7-15;;/h14-16,18H,3-13H2,1-2H3,(H,19,21);2*1H. The number of nitrogens with zero attached hydrogens (tertiary/aromatic N) is 1. The predicted molar refractivity (Wildman–Crippen MR) is 102 cm³/mol. The van der Waals surface area contributed by atoms with Crippen molar-refractivity contribution >= 4 is 30.7 Å². The lowest BCUT2D eigenvalue weighted by molar-refractivity contribution is -0.122. The van der Waals surface area contributed by atoms with Crippen LogP contribution in [0.5, 0.6) is 0 Å². The van der Waals surface area contributed by atoms with E-state index >= 15 is 0 Å². The molecule has 1 amide bonds. The first-order valence-electron chi connectivity index (χ1n) is 8.81. The molecule has 0 bridgehead atoms. The zero-order chi connectivity index (χ0) is 15.1. The molecule has 2 saturated heterocycles. The summed E-state index contributed by atoms with van der Waals surface area (Å²) in [5.74, 6) is 2.24. The van der Waals surface area contributed by atoms with Crippen molar-refractivity contribution in [1.82, 2.24) is 15.5 Å². The first-order valence-corrected chi connectivity index (χ1v) is 8.81. The summed E-state index contributed by atoms with van der Waals surface area (Å²) in [5.41, 5.74) is 0. The third kappa shape index (κ3) is 8.57. The van der Waals surface area contributed by atoms with Crippen molar-refractivity contribution < 1.29 is 4.79 Å². The van der Waals surface area contributed by atoms with Gasteiger partial charge in [0.1, 0.15) is 0 Å². The zero-order valence-corrected chi connectivity index (χ0v) is 16.3. The van der Waals surface area contributed by atoms with Crippen molar-refractivity contribution in [3.05, 3.63) is 0 Å². The fourth-order valence-corrected chi connectivity index (χ4v) is 3.66. The summed E-state index contributed by atoms with van der Waals surface area (Å²) in [4.78, 5) is 14.4. The maximum atomic E-state index is 12.1. The van der Waals surface area contributed by atoms with Crippen LogP contribution in [0.15, 0.2) is 0 Å². The molecule has 2 rings (SSSR count). The molecule has 2 fully saturated rings. The van der Waals surface area contributed by atoms with Crippen molar-refractivity contribution in [3.8, 4) is 0 Å². The molecule has 23 heavy (non-hydrogen) atoms. The second kappa shape index (κ2) is 12.3. The quantitative estimate of drug-likeness (QED) is 0.758. The number of hydrogen-bond donors (Lipinski definition) is 2. The summed E-state index contributed by atoms with van der Waals surface area (Å²) in [6.07, 6.45) is 6.95. The van der Waals surface area contributed by atoms with Crippen LogP contribution in [-0.2, 0) is 4.79 Å². The van der Waals surface area contributed by atoms with Gasteiger partial charge in [-0.15, -0.1) is 24.8 Å². The largest absolute Gasteiger partial charge is 0.356 e. The highest BCUT2D eigenvalue weighted by Gasteiger charge is 2.22. The van der Waals surface area contributed by atoms with Gasteiger partial charge in [0.05, 0.1) is 0 Å². The molecule has 0 aromatic rings. The van der Waals surface area contributed by atoms with Crippen LogP contribution in [0.3, 0.4) is 0 Å². The lowest BCUT2D eigenvalue weighted by Crippen LogP contribution is -2.36. The smallest absolute Gasteiger partial charge is 0.220 e. The van der Waals surface area contributed by atoms with E-state index in [0.29, 0.717) is 18.3 Å². The van der Waals surface area contributed by atoms with E-state index in [1.165, 1.54) is 38.8 Å². The molecule has 2 unspecified atom stereocenters. The molecule has 0 aromatic heterocycles. The van der Waals surface area contributed by atoms with Crippen LogP contribution in [-0.4, -0.2) is 50.6 Å². The average Bonchev–Trinajstić information content (AvgIpc) is 2.50. The summed E-state index contributed by atoms with van der Waals surface area (Å²) in [7, 11) is 2.19. The minimum absolute atomic E-state index is 0. The third-order valence-corrected chi connectivity index (χ3v) is 5.36. The van der Waals surface area contributed by atoms with E-state index in [1.54, 1.807) is 0 Å². The van der Waals surface area contributed by atoms with Crippen molar-refractivity contribution in [2.75, 3.05) is 39.8 Å². The maximum absolute atomic E-state index is 12.1. The highest BCUT2D eigenvalue weighted by Crippen LogP contribution is 2.22. The third-order valence-electron chi connectivity index (χ3n) is 5.36. The van der Waals surface area contributed by atoms with Gasteiger partial charge in [-0.2, -0.15) is 0 Å². The van der Waals surface area contributed by atoms with E-state index in [9.17, 15) is 4.79 Å². The van der Waals surface area contributed by atoms with E-state index in [4.69, 9.17) is 0 Å². The highest BCUT2D eigenvalue weighted by molar-refractivity contribution is 5.85. The Labute approximate surface area is 154 Å². The Kier molecular flexibility index (Phi) is 12.3. The molecule has 4 nitrogen and oxygen atoms in total. The number of nitrogens with one attached hydrogen (secondary N) is 2. The molecule has 0 saturated carbocycles. The second-order valence-electron chi connectivity index (χ2n) is 7.17. The number of carbonyl (C=O) groups is 1. The summed E-state index contributed by atoms with van der Waals surface area (Å²) in [5, 5.41) is 6.58. The van der Waals surface area contributed by atoms with Gasteiger partial charge in [0.25, 0.3) is 0 Å². The zero-order valence-electron chi connectivity index (χ0n) is 14.7. The Bertz CT molecular complexity index is 317. The van der Waals surface area contributed by atoms with Crippen LogP contribution in [0.2, 0.25) is 0 Å². The Hall–Kier alpha value is -0.0300. The number of likely N-dealkylation sites (tertiary alicyclic amines) is 1. The summed E-state index contributed by atoms with van der Waals surface area (Å²) in [6.45, 7) is 7.75. The van der Waals surface area contributed by atoms with Crippen LogP contribution < -0.4 is 10.6 Å².